The van der Waals surface area contributed by atoms with E-state index in [4.69, 9.17) is 11.6 Å². The van der Waals surface area contributed by atoms with Crippen molar-refractivity contribution in [2.45, 2.75) is 13.5 Å². The first-order valence-corrected chi connectivity index (χ1v) is 4.97. The van der Waals surface area contributed by atoms with Crippen molar-refractivity contribution in [2.24, 2.45) is 0 Å². The Morgan fingerprint density at radius 3 is 2.73 bits per heavy atom. The summed E-state index contributed by atoms with van der Waals surface area (Å²) in [5.74, 6) is -1.64. The number of rotatable bonds is 4. The van der Waals surface area contributed by atoms with Crippen LogP contribution in [0.5, 0.6) is 0 Å². The SMILES string of the molecule is C/C(=C/Cl)CNCc1ccc(F)c(F)c1. The molecule has 0 unspecified atom stereocenters. The monoisotopic (exact) mass is 231 g/mol. The Morgan fingerprint density at radius 1 is 1.40 bits per heavy atom. The molecule has 1 rings (SSSR count). The summed E-state index contributed by atoms with van der Waals surface area (Å²) >= 11 is 5.47. The molecule has 0 saturated heterocycles. The van der Waals surface area contributed by atoms with Crippen LogP contribution in [0.15, 0.2) is 29.3 Å². The van der Waals surface area contributed by atoms with Gasteiger partial charge in [0.05, 0.1) is 0 Å². The maximum absolute atomic E-state index is 12.8. The highest BCUT2D eigenvalue weighted by molar-refractivity contribution is 6.25. The number of halogens is 3. The fraction of sp³-hybridized carbons (Fsp3) is 0.273. The zero-order chi connectivity index (χ0) is 11.3. The summed E-state index contributed by atoms with van der Waals surface area (Å²) in [7, 11) is 0. The van der Waals surface area contributed by atoms with Gasteiger partial charge in [-0.2, -0.15) is 0 Å². The van der Waals surface area contributed by atoms with E-state index < -0.39 is 11.6 Å². The van der Waals surface area contributed by atoms with Crippen LogP contribution >= 0.6 is 11.6 Å². The number of hydrogen-bond donors (Lipinski definition) is 1. The molecule has 0 aliphatic rings. The van der Waals surface area contributed by atoms with Crippen LogP contribution in [0.1, 0.15) is 12.5 Å². The second-order valence-electron chi connectivity index (χ2n) is 3.31. The first-order chi connectivity index (χ1) is 7.13. The predicted molar refractivity (Wildman–Crippen MR) is 57.7 cm³/mol. The Labute approximate surface area is 92.8 Å². The second-order valence-corrected chi connectivity index (χ2v) is 3.53. The molecule has 1 aromatic rings. The van der Waals surface area contributed by atoms with Crippen molar-refractivity contribution < 1.29 is 8.78 Å². The number of nitrogens with one attached hydrogen (secondary N) is 1. The summed E-state index contributed by atoms with van der Waals surface area (Å²) in [6.45, 7) is 2.99. The first-order valence-electron chi connectivity index (χ1n) is 4.54. The fourth-order valence-corrected chi connectivity index (χ4v) is 1.17. The van der Waals surface area contributed by atoms with E-state index in [1.54, 1.807) is 6.07 Å². The highest BCUT2D eigenvalue weighted by Crippen LogP contribution is 2.08. The molecule has 15 heavy (non-hydrogen) atoms. The zero-order valence-corrected chi connectivity index (χ0v) is 9.11. The largest absolute Gasteiger partial charge is 0.309 e. The lowest BCUT2D eigenvalue weighted by molar-refractivity contribution is 0.506. The van der Waals surface area contributed by atoms with Crippen LogP contribution in [0, 0.1) is 11.6 Å². The van der Waals surface area contributed by atoms with Gasteiger partial charge in [0.1, 0.15) is 0 Å². The van der Waals surface area contributed by atoms with Crippen molar-refractivity contribution in [3.8, 4) is 0 Å². The van der Waals surface area contributed by atoms with E-state index >= 15 is 0 Å². The Balaban J connectivity index is 2.48. The Kier molecular flexibility index (Phi) is 4.72. The van der Waals surface area contributed by atoms with Crippen LogP contribution in [-0.2, 0) is 6.54 Å². The third-order valence-corrected chi connectivity index (χ3v) is 2.28. The van der Waals surface area contributed by atoms with Gasteiger partial charge >= 0.3 is 0 Å². The molecule has 1 nitrogen and oxygen atoms in total. The molecular formula is C11H12ClF2N. The van der Waals surface area contributed by atoms with Crippen molar-refractivity contribution in [1.82, 2.24) is 5.32 Å². The third kappa shape index (κ3) is 3.98. The molecule has 0 aliphatic carbocycles. The van der Waals surface area contributed by atoms with Crippen LogP contribution in [-0.4, -0.2) is 6.54 Å². The van der Waals surface area contributed by atoms with Gasteiger partial charge in [0.25, 0.3) is 0 Å². The van der Waals surface area contributed by atoms with Crippen LogP contribution in [0.3, 0.4) is 0 Å². The minimum Gasteiger partial charge on any atom is -0.309 e. The average molecular weight is 232 g/mol. The van der Waals surface area contributed by atoms with E-state index in [-0.39, 0.29) is 0 Å². The number of benzene rings is 1. The summed E-state index contributed by atoms with van der Waals surface area (Å²) in [6.07, 6.45) is 0. The normalized spacial score (nSPS) is 11.9. The van der Waals surface area contributed by atoms with E-state index in [0.29, 0.717) is 18.7 Å². The van der Waals surface area contributed by atoms with Crippen LogP contribution in [0.25, 0.3) is 0 Å². The summed E-state index contributed by atoms with van der Waals surface area (Å²) in [5.41, 5.74) is 3.17. The fourth-order valence-electron chi connectivity index (χ4n) is 1.09. The summed E-state index contributed by atoms with van der Waals surface area (Å²) < 4.78 is 25.4. The van der Waals surface area contributed by atoms with Gasteiger partial charge in [-0.3, -0.25) is 0 Å². The second kappa shape index (κ2) is 5.83. The van der Waals surface area contributed by atoms with Crippen LogP contribution < -0.4 is 5.32 Å². The van der Waals surface area contributed by atoms with Gasteiger partial charge < -0.3 is 5.32 Å². The van der Waals surface area contributed by atoms with Crippen LogP contribution in [0.2, 0.25) is 0 Å². The van der Waals surface area contributed by atoms with Gasteiger partial charge in [-0.25, -0.2) is 8.78 Å². The minimum absolute atomic E-state index is 0.485. The lowest BCUT2D eigenvalue weighted by atomic mass is 10.2. The van der Waals surface area contributed by atoms with E-state index in [1.165, 1.54) is 11.6 Å². The summed E-state index contributed by atoms with van der Waals surface area (Å²) in [4.78, 5) is 0. The van der Waals surface area contributed by atoms with E-state index in [2.05, 4.69) is 5.32 Å². The zero-order valence-electron chi connectivity index (χ0n) is 8.36. The molecule has 0 aromatic heterocycles. The van der Waals surface area contributed by atoms with Gasteiger partial charge in [-0.05, 0) is 30.2 Å². The van der Waals surface area contributed by atoms with Gasteiger partial charge in [0.2, 0.25) is 0 Å². The van der Waals surface area contributed by atoms with Crippen LogP contribution in [0.4, 0.5) is 8.78 Å². The summed E-state index contributed by atoms with van der Waals surface area (Å²) in [5, 5.41) is 3.06. The van der Waals surface area contributed by atoms with Crippen molar-refractivity contribution in [3.63, 3.8) is 0 Å². The molecule has 4 heteroatoms. The quantitative estimate of drug-likeness (QED) is 0.839. The summed E-state index contributed by atoms with van der Waals surface area (Å²) in [6, 6.07) is 3.85. The maximum atomic E-state index is 12.8. The van der Waals surface area contributed by atoms with Gasteiger partial charge in [0, 0.05) is 18.6 Å². The Hall–Kier alpha value is -0.930. The lowest BCUT2D eigenvalue weighted by Crippen LogP contribution is -2.15. The Morgan fingerprint density at radius 2 is 2.13 bits per heavy atom. The van der Waals surface area contributed by atoms with Gasteiger partial charge in [-0.15, -0.1) is 0 Å². The maximum Gasteiger partial charge on any atom is 0.159 e. The Bertz CT molecular complexity index is 364. The molecule has 0 atom stereocenters. The molecule has 0 fully saturated rings. The van der Waals surface area contributed by atoms with Crippen molar-refractivity contribution in [1.29, 1.82) is 0 Å². The smallest absolute Gasteiger partial charge is 0.159 e. The predicted octanol–water partition coefficient (Wildman–Crippen LogP) is 3.20. The molecular weight excluding hydrogens is 220 g/mol. The highest BCUT2D eigenvalue weighted by Gasteiger charge is 2.01. The lowest BCUT2D eigenvalue weighted by Gasteiger charge is -2.04. The molecule has 0 saturated carbocycles. The minimum atomic E-state index is -0.824. The molecule has 0 aliphatic heterocycles. The number of hydrogen-bond acceptors (Lipinski definition) is 1. The standard InChI is InChI=1S/C11H12ClF2N/c1-8(5-12)6-15-7-9-2-3-10(13)11(14)4-9/h2-5,15H,6-7H2,1H3/b8-5-. The molecule has 0 radical (unpaired) electrons. The molecule has 1 N–H and O–H groups in total. The van der Waals surface area contributed by atoms with Crippen molar-refractivity contribution in [2.75, 3.05) is 6.54 Å². The molecule has 0 bridgehead atoms. The molecule has 0 spiro atoms. The molecule has 1 aromatic carbocycles. The first kappa shape index (κ1) is 12.1. The van der Waals surface area contributed by atoms with Gasteiger partial charge in [-0.1, -0.05) is 17.7 Å². The van der Waals surface area contributed by atoms with Gasteiger partial charge in [0.15, 0.2) is 11.6 Å². The van der Waals surface area contributed by atoms with Crippen molar-refractivity contribution >= 4 is 11.6 Å². The van der Waals surface area contributed by atoms with Crippen molar-refractivity contribution in [3.05, 3.63) is 46.5 Å². The highest BCUT2D eigenvalue weighted by atomic mass is 35.5. The third-order valence-electron chi connectivity index (χ3n) is 1.90. The molecule has 82 valence electrons. The molecule has 0 heterocycles. The topological polar surface area (TPSA) is 12.0 Å². The molecule has 0 amide bonds. The van der Waals surface area contributed by atoms with E-state index in [0.717, 1.165) is 11.6 Å². The van der Waals surface area contributed by atoms with E-state index in [9.17, 15) is 8.78 Å². The van der Waals surface area contributed by atoms with E-state index in [1.807, 2.05) is 6.92 Å². The average Bonchev–Trinajstić information content (AvgIpc) is 2.23.